The zero-order valence-corrected chi connectivity index (χ0v) is 5.19. The summed E-state index contributed by atoms with van der Waals surface area (Å²) in [4.78, 5) is 3.84. The van der Waals surface area contributed by atoms with Gasteiger partial charge in [0, 0.05) is 6.21 Å². The second-order valence-electron chi connectivity index (χ2n) is 1.47. The molecule has 0 saturated carbocycles. The highest BCUT2D eigenvalue weighted by molar-refractivity contribution is 5.56. The Bertz CT molecular complexity index is 110. The Balaban J connectivity index is 3.28. The van der Waals surface area contributed by atoms with Crippen LogP contribution >= 0.6 is 0 Å². The molecule has 0 heterocycles. The van der Waals surface area contributed by atoms with E-state index in [0.29, 0.717) is 6.42 Å². The molecule has 0 bridgehead atoms. The highest BCUT2D eigenvalue weighted by atomic mass is 19.4. The lowest BCUT2D eigenvalue weighted by Crippen LogP contribution is -2.14. The summed E-state index contributed by atoms with van der Waals surface area (Å²) in [6.45, 7) is 1.97. The number of oxime groups is 1. The van der Waals surface area contributed by atoms with Gasteiger partial charge in [0.05, 0.1) is 0 Å². The van der Waals surface area contributed by atoms with Crippen LogP contribution in [0.15, 0.2) is 5.16 Å². The van der Waals surface area contributed by atoms with E-state index in [1.807, 2.05) is 0 Å². The number of nitrogens with zero attached hydrogens (tertiary/aromatic N) is 1. The first-order valence-electron chi connectivity index (χ1n) is 2.56. The standard InChI is InChI=1S/C5H7F3NO/c1-2-3-9-10-4-5(6,7)8/h3H,1-2,4H2. The van der Waals surface area contributed by atoms with Gasteiger partial charge >= 0.3 is 6.18 Å². The fourth-order valence-corrected chi connectivity index (χ4v) is 0.216. The van der Waals surface area contributed by atoms with E-state index in [9.17, 15) is 13.2 Å². The molecule has 10 heavy (non-hydrogen) atoms. The van der Waals surface area contributed by atoms with Crippen LogP contribution in [0.1, 0.15) is 6.42 Å². The van der Waals surface area contributed by atoms with Crippen LogP contribution in [0.3, 0.4) is 0 Å². The lowest BCUT2D eigenvalue weighted by Gasteiger charge is -2.02. The van der Waals surface area contributed by atoms with Gasteiger partial charge < -0.3 is 4.84 Å². The topological polar surface area (TPSA) is 21.6 Å². The molecule has 2 nitrogen and oxygen atoms in total. The van der Waals surface area contributed by atoms with Crippen LogP contribution in [0.2, 0.25) is 0 Å². The highest BCUT2D eigenvalue weighted by Gasteiger charge is 2.28. The first kappa shape index (κ1) is 9.26. The Morgan fingerprint density at radius 1 is 1.50 bits per heavy atom. The number of hydrogen-bond acceptors (Lipinski definition) is 2. The Hall–Kier alpha value is -0.740. The van der Waals surface area contributed by atoms with E-state index in [1.165, 1.54) is 0 Å². The lowest BCUT2D eigenvalue weighted by molar-refractivity contribution is -0.173. The molecule has 0 aliphatic carbocycles. The van der Waals surface area contributed by atoms with Crippen LogP contribution in [0.25, 0.3) is 0 Å². The molecule has 0 amide bonds. The number of alkyl halides is 3. The van der Waals surface area contributed by atoms with E-state index < -0.39 is 12.8 Å². The molecule has 0 fully saturated rings. The molecule has 0 spiro atoms. The third-order valence-electron chi connectivity index (χ3n) is 0.506. The van der Waals surface area contributed by atoms with Gasteiger partial charge in [-0.1, -0.05) is 5.16 Å². The maximum absolute atomic E-state index is 11.3. The first-order chi connectivity index (χ1) is 4.56. The van der Waals surface area contributed by atoms with Gasteiger partial charge in [-0.2, -0.15) is 13.2 Å². The smallest absolute Gasteiger partial charge is 0.386 e. The van der Waals surface area contributed by atoms with Gasteiger partial charge in [0.25, 0.3) is 0 Å². The van der Waals surface area contributed by atoms with E-state index in [1.54, 1.807) is 0 Å². The average molecular weight is 154 g/mol. The fraction of sp³-hybridized carbons (Fsp3) is 0.600. The van der Waals surface area contributed by atoms with E-state index in [0.717, 1.165) is 6.21 Å². The van der Waals surface area contributed by atoms with Crippen molar-refractivity contribution in [1.82, 2.24) is 0 Å². The minimum atomic E-state index is -4.31. The summed E-state index contributed by atoms with van der Waals surface area (Å²) in [5, 5.41) is 2.97. The molecule has 0 aromatic heterocycles. The third-order valence-corrected chi connectivity index (χ3v) is 0.506. The van der Waals surface area contributed by atoms with Gasteiger partial charge in [-0.3, -0.25) is 0 Å². The molecule has 0 aromatic rings. The van der Waals surface area contributed by atoms with Crippen molar-refractivity contribution in [2.75, 3.05) is 6.61 Å². The molecule has 0 saturated heterocycles. The summed E-state index contributed by atoms with van der Waals surface area (Å²) in [5.41, 5.74) is 0. The SMILES string of the molecule is [CH2]CC=NOCC(F)(F)F. The third kappa shape index (κ3) is 7.26. The lowest BCUT2D eigenvalue weighted by atomic mass is 10.6. The summed E-state index contributed by atoms with van der Waals surface area (Å²) in [7, 11) is 0. The summed E-state index contributed by atoms with van der Waals surface area (Å²) in [6.07, 6.45) is -2.83. The first-order valence-corrected chi connectivity index (χ1v) is 2.56. The van der Waals surface area contributed by atoms with E-state index in [2.05, 4.69) is 16.9 Å². The summed E-state index contributed by atoms with van der Waals surface area (Å²) >= 11 is 0. The predicted molar refractivity (Wildman–Crippen MR) is 30.5 cm³/mol. The predicted octanol–water partition coefficient (Wildman–Crippen LogP) is 1.78. The van der Waals surface area contributed by atoms with Gasteiger partial charge in [-0.05, 0) is 13.3 Å². The van der Waals surface area contributed by atoms with Crippen LogP contribution in [-0.4, -0.2) is 19.0 Å². The summed E-state index contributed by atoms with van der Waals surface area (Å²) in [5.74, 6) is 0. The Morgan fingerprint density at radius 3 is 2.50 bits per heavy atom. The van der Waals surface area contributed by atoms with Gasteiger partial charge in [-0.25, -0.2) is 0 Å². The van der Waals surface area contributed by atoms with Crippen molar-refractivity contribution < 1.29 is 18.0 Å². The fourth-order valence-electron chi connectivity index (χ4n) is 0.216. The largest absolute Gasteiger partial charge is 0.425 e. The van der Waals surface area contributed by atoms with E-state index >= 15 is 0 Å². The van der Waals surface area contributed by atoms with Crippen molar-refractivity contribution in [2.24, 2.45) is 5.16 Å². The van der Waals surface area contributed by atoms with Crippen LogP contribution < -0.4 is 0 Å². The molecule has 0 rings (SSSR count). The minimum Gasteiger partial charge on any atom is -0.386 e. The second kappa shape index (κ2) is 4.14. The molecule has 0 aromatic carbocycles. The van der Waals surface area contributed by atoms with Gasteiger partial charge in [0.2, 0.25) is 6.61 Å². The maximum Gasteiger partial charge on any atom is 0.425 e. The zero-order chi connectivity index (χ0) is 8.04. The summed E-state index contributed by atoms with van der Waals surface area (Å²) in [6, 6.07) is 0. The maximum atomic E-state index is 11.3. The molecule has 0 aliphatic heterocycles. The molecule has 59 valence electrons. The van der Waals surface area contributed by atoms with E-state index in [-0.39, 0.29) is 0 Å². The molecule has 0 atom stereocenters. The Morgan fingerprint density at radius 2 is 2.10 bits per heavy atom. The molecule has 0 aliphatic rings. The summed E-state index contributed by atoms with van der Waals surface area (Å²) < 4.78 is 33.8. The molecule has 0 N–H and O–H groups in total. The van der Waals surface area contributed by atoms with Crippen molar-refractivity contribution in [1.29, 1.82) is 0 Å². The van der Waals surface area contributed by atoms with Crippen LogP contribution in [0.4, 0.5) is 13.2 Å². The van der Waals surface area contributed by atoms with Gasteiger partial charge in [-0.15, -0.1) is 0 Å². The van der Waals surface area contributed by atoms with Crippen LogP contribution in [-0.2, 0) is 4.84 Å². The molecular weight excluding hydrogens is 147 g/mol. The van der Waals surface area contributed by atoms with Crippen molar-refractivity contribution in [3.63, 3.8) is 0 Å². The highest BCUT2D eigenvalue weighted by Crippen LogP contribution is 2.14. The van der Waals surface area contributed by atoms with Gasteiger partial charge in [0.15, 0.2) is 0 Å². The Labute approximate surface area is 56.7 Å². The quantitative estimate of drug-likeness (QED) is 0.448. The molecule has 0 unspecified atom stereocenters. The monoisotopic (exact) mass is 154 g/mol. The average Bonchev–Trinajstić information content (AvgIpc) is 1.78. The normalized spacial score (nSPS) is 12.4. The molecular formula is C5H7F3NO. The second-order valence-corrected chi connectivity index (χ2v) is 1.47. The molecule has 5 heteroatoms. The zero-order valence-electron chi connectivity index (χ0n) is 5.19. The number of rotatable bonds is 3. The van der Waals surface area contributed by atoms with Crippen molar-refractivity contribution in [2.45, 2.75) is 12.6 Å². The van der Waals surface area contributed by atoms with Crippen molar-refractivity contribution in [3.05, 3.63) is 6.92 Å². The minimum absolute atomic E-state index is 0.317. The van der Waals surface area contributed by atoms with E-state index in [4.69, 9.17) is 0 Å². The Kier molecular flexibility index (Phi) is 3.83. The van der Waals surface area contributed by atoms with Crippen molar-refractivity contribution >= 4 is 6.21 Å². The number of hydrogen-bond donors (Lipinski definition) is 0. The van der Waals surface area contributed by atoms with Crippen molar-refractivity contribution in [3.8, 4) is 0 Å². The molecule has 1 radical (unpaired) electrons. The van der Waals surface area contributed by atoms with Crippen LogP contribution in [0.5, 0.6) is 0 Å². The van der Waals surface area contributed by atoms with Gasteiger partial charge in [0.1, 0.15) is 0 Å². The van der Waals surface area contributed by atoms with Crippen LogP contribution in [0, 0.1) is 6.92 Å². The number of halogens is 3.